The van der Waals surface area contributed by atoms with Gasteiger partial charge in [0.2, 0.25) is 5.91 Å². The Kier molecular flexibility index (Phi) is 5.72. The molecule has 1 saturated heterocycles. The molecule has 29 heavy (non-hydrogen) atoms. The van der Waals surface area contributed by atoms with Crippen LogP contribution in [0.15, 0.2) is 47.6 Å². The number of phenols is 1. The first-order chi connectivity index (χ1) is 13.9. The zero-order chi connectivity index (χ0) is 21.0. The lowest BCUT2D eigenvalue weighted by Crippen LogP contribution is -2.34. The smallest absolute Gasteiger partial charge is 0.274 e. The molecule has 0 saturated carbocycles. The highest BCUT2D eigenvalue weighted by Crippen LogP contribution is 2.33. The van der Waals surface area contributed by atoms with Gasteiger partial charge in [0.1, 0.15) is 5.92 Å². The molecule has 0 aliphatic carbocycles. The van der Waals surface area contributed by atoms with Gasteiger partial charge in [0.15, 0.2) is 11.5 Å². The number of carbonyl (C=O) groups is 2. The Labute approximate surface area is 165 Å². The second-order valence-electron chi connectivity index (χ2n) is 6.32. The number of hydrazone groups is 1. The van der Waals surface area contributed by atoms with Gasteiger partial charge in [-0.05, 0) is 5.56 Å². The van der Waals surface area contributed by atoms with E-state index in [4.69, 9.17) is 4.74 Å². The van der Waals surface area contributed by atoms with E-state index in [9.17, 15) is 24.8 Å². The minimum atomic E-state index is -0.970. The number of non-ortho nitro benzene ring substituents is 1. The van der Waals surface area contributed by atoms with E-state index in [1.165, 1.54) is 7.11 Å². The van der Waals surface area contributed by atoms with E-state index in [0.29, 0.717) is 6.54 Å². The fraction of sp³-hybridized carbons (Fsp3) is 0.211. The maximum absolute atomic E-state index is 12.5. The molecule has 2 unspecified atom stereocenters. The SMILES string of the molecule is COc1cc([N+](=O)[O-])cc(/C=N/NC(=O)C2C(=O)NCC2c2ccccc2)c1O. The summed E-state index contributed by atoms with van der Waals surface area (Å²) in [6, 6.07) is 11.3. The van der Waals surface area contributed by atoms with E-state index in [0.717, 1.165) is 23.9 Å². The van der Waals surface area contributed by atoms with Gasteiger partial charge in [0.25, 0.3) is 11.6 Å². The van der Waals surface area contributed by atoms with E-state index >= 15 is 0 Å². The minimum absolute atomic E-state index is 0.0215. The second kappa shape index (κ2) is 8.38. The molecule has 10 nitrogen and oxygen atoms in total. The number of nitro groups is 1. The van der Waals surface area contributed by atoms with Gasteiger partial charge in [-0.3, -0.25) is 19.7 Å². The van der Waals surface area contributed by atoms with Crippen LogP contribution in [0.5, 0.6) is 11.5 Å². The van der Waals surface area contributed by atoms with Gasteiger partial charge in [0, 0.05) is 24.1 Å². The lowest BCUT2D eigenvalue weighted by atomic mass is 9.88. The van der Waals surface area contributed by atoms with Crippen molar-refractivity contribution in [1.82, 2.24) is 10.7 Å². The number of benzene rings is 2. The molecule has 1 heterocycles. The Hall–Kier alpha value is -3.95. The summed E-state index contributed by atoms with van der Waals surface area (Å²) in [5.41, 5.74) is 2.77. The number of nitro benzene ring substituents is 1. The Morgan fingerprint density at radius 2 is 2.10 bits per heavy atom. The van der Waals surface area contributed by atoms with Gasteiger partial charge in [-0.15, -0.1) is 0 Å². The molecular formula is C19H18N4O6. The zero-order valence-electron chi connectivity index (χ0n) is 15.4. The predicted octanol–water partition coefficient (Wildman–Crippen LogP) is 1.29. The molecule has 150 valence electrons. The number of rotatable bonds is 6. The number of nitrogens with zero attached hydrogens (tertiary/aromatic N) is 2. The number of hydrogen-bond acceptors (Lipinski definition) is 7. The summed E-state index contributed by atoms with van der Waals surface area (Å²) in [4.78, 5) is 35.0. The fourth-order valence-corrected chi connectivity index (χ4v) is 3.14. The summed E-state index contributed by atoms with van der Waals surface area (Å²) in [7, 11) is 1.25. The number of nitrogens with one attached hydrogen (secondary N) is 2. The summed E-state index contributed by atoms with van der Waals surface area (Å²) in [5, 5.41) is 27.5. The maximum atomic E-state index is 12.5. The number of hydrogen-bond donors (Lipinski definition) is 3. The monoisotopic (exact) mass is 398 g/mol. The number of ether oxygens (including phenoxy) is 1. The molecule has 1 fully saturated rings. The molecule has 1 aliphatic heterocycles. The van der Waals surface area contributed by atoms with Crippen LogP contribution in [0.4, 0.5) is 5.69 Å². The van der Waals surface area contributed by atoms with Crippen LogP contribution in [-0.4, -0.2) is 41.7 Å². The van der Waals surface area contributed by atoms with E-state index in [1.54, 1.807) is 0 Å². The van der Waals surface area contributed by atoms with Crippen LogP contribution in [0.1, 0.15) is 17.0 Å². The average molecular weight is 398 g/mol. The van der Waals surface area contributed by atoms with E-state index in [1.807, 2.05) is 30.3 Å². The summed E-state index contributed by atoms with van der Waals surface area (Å²) in [6.45, 7) is 0.327. The minimum Gasteiger partial charge on any atom is -0.504 e. The third-order valence-electron chi connectivity index (χ3n) is 4.59. The van der Waals surface area contributed by atoms with Crippen molar-refractivity contribution in [3.05, 3.63) is 63.7 Å². The molecule has 2 aromatic rings. The topological polar surface area (TPSA) is 143 Å². The van der Waals surface area contributed by atoms with Crippen LogP contribution in [0, 0.1) is 16.0 Å². The van der Waals surface area contributed by atoms with Crippen molar-refractivity contribution in [2.75, 3.05) is 13.7 Å². The lowest BCUT2D eigenvalue weighted by molar-refractivity contribution is -0.385. The van der Waals surface area contributed by atoms with E-state index in [2.05, 4.69) is 15.8 Å². The maximum Gasteiger partial charge on any atom is 0.274 e. The summed E-state index contributed by atoms with van der Waals surface area (Å²) >= 11 is 0. The standard InChI is InChI=1S/C19H18N4O6/c1-29-15-8-13(23(27)28)7-12(17(15)24)9-21-22-19(26)16-14(10-20-18(16)25)11-5-3-2-4-6-11/h2-9,14,16,24H,10H2,1H3,(H,20,25)(H,22,26)/b21-9+. The summed E-state index contributed by atoms with van der Waals surface area (Å²) in [6.07, 6.45) is 1.05. The molecular weight excluding hydrogens is 380 g/mol. The quantitative estimate of drug-likeness (QED) is 0.290. The molecule has 1 aliphatic rings. The highest BCUT2D eigenvalue weighted by Gasteiger charge is 2.40. The Morgan fingerprint density at radius 1 is 1.38 bits per heavy atom. The second-order valence-corrected chi connectivity index (χ2v) is 6.32. The number of methoxy groups -OCH3 is 1. The Bertz CT molecular complexity index is 976. The third kappa shape index (κ3) is 4.15. The van der Waals surface area contributed by atoms with Crippen molar-refractivity contribution in [2.45, 2.75) is 5.92 Å². The molecule has 0 spiro atoms. The highest BCUT2D eigenvalue weighted by atomic mass is 16.6. The van der Waals surface area contributed by atoms with Crippen LogP contribution < -0.4 is 15.5 Å². The molecule has 3 N–H and O–H groups in total. The van der Waals surface area contributed by atoms with E-state index in [-0.39, 0.29) is 28.7 Å². The van der Waals surface area contributed by atoms with Gasteiger partial charge in [-0.1, -0.05) is 30.3 Å². The van der Waals surface area contributed by atoms with Crippen LogP contribution >= 0.6 is 0 Å². The zero-order valence-corrected chi connectivity index (χ0v) is 15.4. The van der Waals surface area contributed by atoms with Crippen LogP contribution in [0.2, 0.25) is 0 Å². The molecule has 2 amide bonds. The van der Waals surface area contributed by atoms with Crippen molar-refractivity contribution in [1.29, 1.82) is 0 Å². The predicted molar refractivity (Wildman–Crippen MR) is 103 cm³/mol. The molecule has 0 bridgehead atoms. The van der Waals surface area contributed by atoms with E-state index < -0.39 is 22.7 Å². The van der Waals surface area contributed by atoms with Gasteiger partial charge in [-0.25, -0.2) is 5.43 Å². The molecule has 3 rings (SSSR count). The van der Waals surface area contributed by atoms with Gasteiger partial charge < -0.3 is 15.2 Å². The van der Waals surface area contributed by atoms with Gasteiger partial charge >= 0.3 is 0 Å². The first kappa shape index (κ1) is 19.8. The van der Waals surface area contributed by atoms with Crippen molar-refractivity contribution in [3.63, 3.8) is 0 Å². The first-order valence-electron chi connectivity index (χ1n) is 8.63. The largest absolute Gasteiger partial charge is 0.504 e. The van der Waals surface area contributed by atoms with Crippen molar-refractivity contribution >= 4 is 23.7 Å². The highest BCUT2D eigenvalue weighted by molar-refractivity contribution is 6.03. The summed E-state index contributed by atoms with van der Waals surface area (Å²) in [5.74, 6) is -2.82. The Balaban J connectivity index is 1.78. The molecule has 2 aromatic carbocycles. The average Bonchev–Trinajstić information content (AvgIpc) is 3.11. The number of aromatic hydroxyl groups is 1. The molecule has 0 radical (unpaired) electrons. The van der Waals surface area contributed by atoms with Crippen LogP contribution in [0.25, 0.3) is 0 Å². The first-order valence-corrected chi connectivity index (χ1v) is 8.63. The number of phenolic OH excluding ortho intramolecular Hbond substituents is 1. The normalized spacial score (nSPS) is 18.4. The molecule has 10 heteroatoms. The van der Waals surface area contributed by atoms with Crippen molar-refractivity contribution in [3.8, 4) is 11.5 Å². The van der Waals surface area contributed by atoms with Crippen molar-refractivity contribution < 1.29 is 24.4 Å². The van der Waals surface area contributed by atoms with Crippen LogP contribution in [-0.2, 0) is 9.59 Å². The van der Waals surface area contributed by atoms with Gasteiger partial charge in [-0.2, -0.15) is 5.10 Å². The third-order valence-corrected chi connectivity index (χ3v) is 4.59. The molecule has 2 atom stereocenters. The van der Waals surface area contributed by atoms with Crippen molar-refractivity contribution in [2.24, 2.45) is 11.0 Å². The lowest BCUT2D eigenvalue weighted by Gasteiger charge is -2.15. The number of carbonyl (C=O) groups excluding carboxylic acids is 2. The number of amides is 2. The fourth-order valence-electron chi connectivity index (χ4n) is 3.14. The van der Waals surface area contributed by atoms with Gasteiger partial charge in [0.05, 0.1) is 24.3 Å². The summed E-state index contributed by atoms with van der Waals surface area (Å²) < 4.78 is 4.91. The Morgan fingerprint density at radius 3 is 2.76 bits per heavy atom. The van der Waals surface area contributed by atoms with Crippen LogP contribution in [0.3, 0.4) is 0 Å². The molecule has 0 aromatic heterocycles.